The number of hydrogen-bond donors (Lipinski definition) is 1. The first-order valence-electron chi connectivity index (χ1n) is 9.25. The van der Waals surface area contributed by atoms with Crippen molar-refractivity contribution < 1.29 is 13.9 Å². The van der Waals surface area contributed by atoms with Gasteiger partial charge in [0.05, 0.1) is 22.9 Å². The summed E-state index contributed by atoms with van der Waals surface area (Å²) in [6.45, 7) is 9.61. The van der Waals surface area contributed by atoms with Crippen molar-refractivity contribution in [1.29, 1.82) is 0 Å². The van der Waals surface area contributed by atoms with E-state index in [1.807, 2.05) is 26.0 Å². The summed E-state index contributed by atoms with van der Waals surface area (Å²) in [5.74, 6) is 0.549. The van der Waals surface area contributed by atoms with Crippen LogP contribution in [-0.4, -0.2) is 36.6 Å². The van der Waals surface area contributed by atoms with Gasteiger partial charge in [0.1, 0.15) is 23.7 Å². The highest BCUT2D eigenvalue weighted by molar-refractivity contribution is 6.30. The van der Waals surface area contributed by atoms with Crippen molar-refractivity contribution in [2.24, 2.45) is 4.99 Å². The highest BCUT2D eigenvalue weighted by atomic mass is 35.5. The molecule has 0 amide bonds. The van der Waals surface area contributed by atoms with Crippen LogP contribution in [0.4, 0.5) is 10.1 Å². The molecule has 150 valence electrons. The first kappa shape index (κ1) is 20.6. The summed E-state index contributed by atoms with van der Waals surface area (Å²) < 4.78 is 25.2. The standard InChI is InChI=1S/C21H25ClFN3O2/c1-13-8-21(28-17-5-6-18(22)19(23)9-17)14(2)7-20(13)24-12-25-26-10-15(3)27-16(4)11-26/h5-9,12,15-16H,10-11H2,1-4H3,(H,24,25). The molecule has 2 aromatic rings. The first-order valence-corrected chi connectivity index (χ1v) is 9.63. The van der Waals surface area contributed by atoms with Gasteiger partial charge in [0.2, 0.25) is 0 Å². The summed E-state index contributed by atoms with van der Waals surface area (Å²) in [4.78, 5) is 4.53. The van der Waals surface area contributed by atoms with Gasteiger partial charge >= 0.3 is 0 Å². The van der Waals surface area contributed by atoms with Crippen molar-refractivity contribution in [3.05, 3.63) is 52.3 Å². The van der Waals surface area contributed by atoms with Crippen LogP contribution in [0, 0.1) is 19.7 Å². The zero-order valence-electron chi connectivity index (χ0n) is 16.5. The Kier molecular flexibility index (Phi) is 6.54. The molecule has 2 unspecified atom stereocenters. The topological polar surface area (TPSA) is 46.1 Å². The minimum Gasteiger partial charge on any atom is -0.457 e. The maximum atomic E-state index is 13.6. The predicted molar refractivity (Wildman–Crippen MR) is 110 cm³/mol. The molecule has 0 saturated carbocycles. The number of ether oxygens (including phenoxy) is 2. The van der Waals surface area contributed by atoms with Crippen molar-refractivity contribution >= 4 is 23.6 Å². The van der Waals surface area contributed by atoms with Gasteiger partial charge in [-0.15, -0.1) is 0 Å². The summed E-state index contributed by atoms with van der Waals surface area (Å²) in [5.41, 5.74) is 5.92. The minimum absolute atomic E-state index is 0.0708. The van der Waals surface area contributed by atoms with Crippen LogP contribution in [0.1, 0.15) is 25.0 Å². The zero-order valence-corrected chi connectivity index (χ0v) is 17.3. The number of rotatable bonds is 5. The van der Waals surface area contributed by atoms with Gasteiger partial charge in [0, 0.05) is 19.2 Å². The molecule has 1 aliphatic rings. The predicted octanol–water partition coefficient (Wildman–Crippen LogP) is 5.16. The number of halogens is 2. The molecule has 1 aliphatic heterocycles. The molecule has 2 atom stereocenters. The number of aryl methyl sites for hydroxylation is 2. The first-order chi connectivity index (χ1) is 13.3. The summed E-state index contributed by atoms with van der Waals surface area (Å²) in [6, 6.07) is 8.23. The van der Waals surface area contributed by atoms with Crippen LogP contribution in [0.25, 0.3) is 0 Å². The Bertz CT molecular complexity index is 865. The molecular formula is C21H25ClFN3O2. The summed E-state index contributed by atoms with van der Waals surface area (Å²) in [7, 11) is 0. The van der Waals surface area contributed by atoms with Crippen LogP contribution < -0.4 is 10.2 Å². The maximum Gasteiger partial charge on any atom is 0.145 e. The summed E-state index contributed by atoms with van der Waals surface area (Å²) >= 11 is 5.72. The molecule has 1 heterocycles. The van der Waals surface area contributed by atoms with Gasteiger partial charge in [-0.25, -0.2) is 14.4 Å². The van der Waals surface area contributed by atoms with Gasteiger partial charge in [-0.3, -0.25) is 0 Å². The fourth-order valence-electron chi connectivity index (χ4n) is 3.15. The molecule has 1 saturated heterocycles. The Morgan fingerprint density at radius 2 is 1.89 bits per heavy atom. The lowest BCUT2D eigenvalue weighted by molar-refractivity contribution is -0.0760. The Hall–Kier alpha value is -2.15. The highest BCUT2D eigenvalue weighted by Crippen LogP contribution is 2.32. The summed E-state index contributed by atoms with van der Waals surface area (Å²) in [6.07, 6.45) is 2.06. The lowest BCUT2D eigenvalue weighted by atomic mass is 10.1. The second kappa shape index (κ2) is 8.90. The molecule has 3 rings (SSSR count). The van der Waals surface area contributed by atoms with Crippen LogP contribution in [0.2, 0.25) is 5.02 Å². The molecule has 0 radical (unpaired) electrons. The second-order valence-electron chi connectivity index (χ2n) is 7.13. The third-order valence-electron chi connectivity index (χ3n) is 4.48. The normalized spacial score (nSPS) is 20.5. The Morgan fingerprint density at radius 1 is 1.18 bits per heavy atom. The lowest BCUT2D eigenvalue weighted by Gasteiger charge is -2.34. The van der Waals surface area contributed by atoms with E-state index in [9.17, 15) is 4.39 Å². The van der Waals surface area contributed by atoms with E-state index in [0.29, 0.717) is 11.5 Å². The lowest BCUT2D eigenvalue weighted by Crippen LogP contribution is -2.51. The smallest absolute Gasteiger partial charge is 0.145 e. The van der Waals surface area contributed by atoms with Crippen molar-refractivity contribution in [1.82, 2.24) is 10.4 Å². The Morgan fingerprint density at radius 3 is 2.57 bits per heavy atom. The molecule has 7 heteroatoms. The van der Waals surface area contributed by atoms with Crippen LogP contribution >= 0.6 is 11.6 Å². The van der Waals surface area contributed by atoms with Gasteiger partial charge in [0.15, 0.2) is 0 Å². The molecule has 0 aliphatic carbocycles. The average Bonchev–Trinajstić information content (AvgIpc) is 2.61. The zero-order chi connectivity index (χ0) is 20.3. The number of benzene rings is 2. The van der Waals surface area contributed by atoms with Gasteiger partial charge in [-0.1, -0.05) is 11.6 Å². The molecule has 1 fully saturated rings. The number of hydrazine groups is 1. The molecule has 0 spiro atoms. The number of aliphatic imine (C=N–C) groups is 1. The van der Waals surface area contributed by atoms with E-state index in [1.54, 1.807) is 12.4 Å². The number of nitrogens with zero attached hydrogens (tertiary/aromatic N) is 2. The van der Waals surface area contributed by atoms with Crippen molar-refractivity contribution in [2.75, 3.05) is 13.1 Å². The van der Waals surface area contributed by atoms with Gasteiger partial charge in [0.25, 0.3) is 0 Å². The third-order valence-corrected chi connectivity index (χ3v) is 4.78. The number of nitrogens with one attached hydrogen (secondary N) is 1. The van der Waals surface area contributed by atoms with E-state index in [0.717, 1.165) is 29.9 Å². The minimum atomic E-state index is -0.507. The van der Waals surface area contributed by atoms with Gasteiger partial charge < -0.3 is 14.9 Å². The van der Waals surface area contributed by atoms with Gasteiger partial charge in [-0.2, -0.15) is 0 Å². The van der Waals surface area contributed by atoms with E-state index in [4.69, 9.17) is 21.1 Å². The molecule has 0 aromatic heterocycles. The monoisotopic (exact) mass is 405 g/mol. The molecular weight excluding hydrogens is 381 g/mol. The molecule has 2 aromatic carbocycles. The van der Waals surface area contributed by atoms with Crippen LogP contribution in [0.5, 0.6) is 11.5 Å². The molecule has 5 nitrogen and oxygen atoms in total. The van der Waals surface area contributed by atoms with E-state index < -0.39 is 5.82 Å². The number of morpholine rings is 1. The van der Waals surface area contributed by atoms with Crippen molar-refractivity contribution in [3.8, 4) is 11.5 Å². The second-order valence-corrected chi connectivity index (χ2v) is 7.54. The van der Waals surface area contributed by atoms with Gasteiger partial charge in [-0.05, 0) is 63.1 Å². The van der Waals surface area contributed by atoms with Crippen molar-refractivity contribution in [3.63, 3.8) is 0 Å². The SMILES string of the molecule is Cc1cc(Oc2ccc(Cl)c(F)c2)c(C)cc1N=CNN1CC(C)OC(C)C1. The van der Waals surface area contributed by atoms with Crippen LogP contribution in [0.15, 0.2) is 35.3 Å². The maximum absolute atomic E-state index is 13.6. The van der Waals surface area contributed by atoms with E-state index in [1.165, 1.54) is 12.1 Å². The van der Waals surface area contributed by atoms with Crippen LogP contribution in [-0.2, 0) is 4.74 Å². The molecule has 0 bridgehead atoms. The summed E-state index contributed by atoms with van der Waals surface area (Å²) in [5, 5.41) is 2.17. The quantitative estimate of drug-likeness (QED) is 0.551. The molecule has 28 heavy (non-hydrogen) atoms. The average molecular weight is 406 g/mol. The fourth-order valence-corrected chi connectivity index (χ4v) is 3.27. The van der Waals surface area contributed by atoms with Crippen molar-refractivity contribution in [2.45, 2.75) is 39.9 Å². The third kappa shape index (κ3) is 5.22. The van der Waals surface area contributed by atoms with E-state index in [-0.39, 0.29) is 17.2 Å². The molecule has 1 N–H and O–H groups in total. The van der Waals surface area contributed by atoms with Crippen LogP contribution in [0.3, 0.4) is 0 Å². The Labute approximate surface area is 170 Å². The number of hydrogen-bond acceptors (Lipinski definition) is 4. The van der Waals surface area contributed by atoms with E-state index >= 15 is 0 Å². The Balaban J connectivity index is 1.68. The fraction of sp³-hybridized carbons (Fsp3) is 0.381. The van der Waals surface area contributed by atoms with E-state index in [2.05, 4.69) is 29.3 Å². The highest BCUT2D eigenvalue weighted by Gasteiger charge is 2.21. The largest absolute Gasteiger partial charge is 0.457 e.